The number of halogens is 13. The van der Waals surface area contributed by atoms with Gasteiger partial charge in [-0.1, -0.05) is 122 Å². The molecule has 51 heteroatoms. The molecular weight excluding hydrogens is 2250 g/mol. The van der Waals surface area contributed by atoms with E-state index in [9.17, 15) is 44.2 Å². The van der Waals surface area contributed by atoms with Gasteiger partial charge in [0.25, 0.3) is 29.5 Å². The van der Waals surface area contributed by atoms with Gasteiger partial charge >= 0.3 is 11.4 Å². The summed E-state index contributed by atoms with van der Waals surface area (Å²) in [5, 5.41) is 46.7. The Bertz CT molecular complexity index is 6930. The molecule has 8 N–H and O–H groups in total. The molecular formula is C92H87Br3Cl10N28O10. The van der Waals surface area contributed by atoms with Gasteiger partial charge in [0.05, 0.1) is 71.8 Å². The molecule has 0 radical (unpaired) electrons. The van der Waals surface area contributed by atoms with Crippen molar-refractivity contribution in [2.45, 2.75) is 61.3 Å². The molecule has 0 unspecified atom stereocenters. The molecule has 13 aromatic rings. The Morgan fingerprint density at radius 2 is 0.797 bits per heavy atom. The minimum atomic E-state index is -0.619. The third kappa shape index (κ3) is 28.6. The van der Waals surface area contributed by atoms with Gasteiger partial charge in [-0.25, -0.2) is 64.8 Å². The number of allylic oxidation sites excluding steroid dienone is 1. The molecule has 0 aromatic carbocycles. The summed E-state index contributed by atoms with van der Waals surface area (Å²) in [7, 11) is 5.17. The topological polar surface area (TPSA) is 468 Å². The van der Waals surface area contributed by atoms with Crippen molar-refractivity contribution >= 4 is 303 Å². The number of fused-ring (bicyclic) bond motifs is 8. The first-order valence-electron chi connectivity index (χ1n) is 42.9. The molecule has 746 valence electrons. The number of hydrogen-bond acceptors (Lipinski definition) is 31. The number of carbonyl (C=O) groups is 5. The van der Waals surface area contributed by atoms with Crippen LogP contribution in [0.2, 0.25) is 51.5 Å². The number of carbonyl (C=O) groups excluding carboxylic acids is 5. The normalized spacial score (nSPS) is 12.1. The van der Waals surface area contributed by atoms with E-state index < -0.39 is 9.85 Å². The summed E-state index contributed by atoms with van der Waals surface area (Å²) in [5.41, 5.74) is 13.3. The van der Waals surface area contributed by atoms with Crippen LogP contribution in [0.5, 0.6) is 0 Å². The predicted octanol–water partition coefficient (Wildman–Crippen LogP) is 23.6. The fraction of sp³-hybridized carbons (Fsp3) is 0.217. The zero-order valence-corrected chi connectivity index (χ0v) is 89.6. The lowest BCUT2D eigenvalue weighted by molar-refractivity contribution is -0.385. The van der Waals surface area contributed by atoms with Crippen LogP contribution in [0, 0.1) is 20.2 Å². The van der Waals surface area contributed by atoms with E-state index in [4.69, 9.17) is 127 Å². The number of nitrogens with one attached hydrogen (secondary N) is 5. The molecule has 5 amide bonds. The number of anilines is 17. The van der Waals surface area contributed by atoms with Crippen molar-refractivity contribution in [2.24, 2.45) is 0 Å². The van der Waals surface area contributed by atoms with Gasteiger partial charge in [0.15, 0.2) is 34.9 Å². The van der Waals surface area contributed by atoms with Gasteiger partial charge in [-0.05, 0) is 235 Å². The predicted molar refractivity (Wildman–Crippen MR) is 578 cm³/mol. The van der Waals surface area contributed by atoms with Crippen molar-refractivity contribution < 1.29 is 38.9 Å². The third-order valence-electron chi connectivity index (χ3n) is 20.2. The number of nitro groups is 2. The SMILES string of the molecule is C=CCc1cnc2c(c1)C(=O)N(C)c1ccc(Cl)nc1N2CC.CCN1c2nc(Cl)ccc2NC(=O)c2cc(Br)cnc21.CCN1c2ncc(Br)cc2C(=O)N(C)c2ccc(Cl)nc21.CCN1c2ncc(CCO)cc2C(=O)N(C)c2ccc(Cl)nc21.CCNc1nc(Cl)ccc1N.CCNc1nc(Cl)ccc1NC(=O)c1cc(Br)cnc1Cl.CCNc1nc(Cl)ccc1[N+](=O)[O-].O=[N+]([O-])c1ccc(Cl)nc1Cl. The zero-order chi connectivity index (χ0) is 104. The third-order valence-corrected chi connectivity index (χ3v) is 23.8. The number of aromatic nitrogens is 13. The van der Waals surface area contributed by atoms with Crippen LogP contribution in [0.25, 0.3) is 0 Å². The maximum Gasteiger partial charge on any atom is 0.311 e. The Balaban J connectivity index is 0.000000170. The molecule has 38 nitrogen and oxygen atoms in total. The van der Waals surface area contributed by atoms with Gasteiger partial charge in [-0.2, -0.15) is 0 Å². The summed E-state index contributed by atoms with van der Waals surface area (Å²) in [6.07, 6.45) is 11.2. The Labute approximate surface area is 895 Å². The van der Waals surface area contributed by atoms with Crippen molar-refractivity contribution in [1.29, 1.82) is 0 Å². The van der Waals surface area contributed by atoms with Crippen molar-refractivity contribution in [3.8, 4) is 0 Å². The highest BCUT2D eigenvalue weighted by atomic mass is 79.9. The summed E-state index contributed by atoms with van der Waals surface area (Å²) in [6, 6.07) is 34.5. The number of amides is 5. The number of nitrogen functional groups attached to an aromatic ring is 1. The molecule has 0 bridgehead atoms. The average Bonchev–Trinajstić information content (AvgIpc) is 1.63. The van der Waals surface area contributed by atoms with E-state index in [1.807, 2.05) is 80.2 Å². The highest BCUT2D eigenvalue weighted by Crippen LogP contribution is 2.44. The molecule has 143 heavy (non-hydrogen) atoms. The van der Waals surface area contributed by atoms with Crippen molar-refractivity contribution in [3.63, 3.8) is 0 Å². The maximum atomic E-state index is 12.9. The molecule has 4 aliphatic rings. The van der Waals surface area contributed by atoms with Crippen LogP contribution < -0.4 is 66.6 Å². The Morgan fingerprint density at radius 1 is 0.434 bits per heavy atom. The van der Waals surface area contributed by atoms with E-state index in [-0.39, 0.29) is 79.5 Å². The smallest absolute Gasteiger partial charge is 0.311 e. The first-order valence-corrected chi connectivity index (χ1v) is 49.0. The van der Waals surface area contributed by atoms with E-state index >= 15 is 0 Å². The zero-order valence-electron chi connectivity index (χ0n) is 77.3. The standard InChI is InChI=1S/C17H17ClN4O.C16H17ClN4O2.C14H12BrClN4O.C13H11BrCl2N4O.C13H10BrClN4O.C7H8ClN3O2.C7H10ClN3.C5H2Cl2N2O2/c1-4-6-11-9-12-15(19-10-11)22(5-2)16-13(21(3)17(12)23)7-8-14(18)20-16;1-3-21-14-11(8-10(6-7-22)9-18-14)16(23)20(2)12-4-5-13(17)19-15(12)21;1-3-20-12-9(6-8(15)7-17-12)14(21)19(2)10-4-5-11(16)18-13(10)20;1-2-17-12-9(3-4-10(15)20-12)19-13(21)8-5-7(14)6-18-11(8)16;1-2-19-11-8(5-7(14)6-16-11)13(20)17-9-3-4-10(15)18-12(9)19;1-2-9-7-5(11(12)13)3-4-6(8)10-7;1-2-10-7-5(9)3-4-6(8)11-7;6-4-2-1-3(9(10)11)5(7)8-4/h4,7-10H,1,5-6H2,2-3H3;4-5,8-9,22H,3,6-7H2,1-2H3;4-7H,3H2,1-2H3;3-6H,2H2,1H3,(H,17,20)(H,19,21);3-6H,2H2,1H3,(H,17,20);3-4H,2H2,1H3,(H,9,10);3-4H,2,9H2,1H3,(H,10,11);1-2H. The highest BCUT2D eigenvalue weighted by molar-refractivity contribution is 9.11. The van der Waals surface area contributed by atoms with E-state index in [0.717, 1.165) is 26.6 Å². The fourth-order valence-corrected chi connectivity index (χ4v) is 16.3. The van der Waals surface area contributed by atoms with Gasteiger partial charge in [-0.15, -0.1) is 6.58 Å². The van der Waals surface area contributed by atoms with Crippen LogP contribution in [0.15, 0.2) is 184 Å². The van der Waals surface area contributed by atoms with Crippen LogP contribution in [-0.4, -0.2) is 183 Å². The first kappa shape index (κ1) is 113. The van der Waals surface area contributed by atoms with Crippen molar-refractivity contribution in [1.82, 2.24) is 64.8 Å². The molecule has 13 aromatic heterocycles. The Kier molecular flexibility index (Phi) is 41.5. The first-order chi connectivity index (χ1) is 68.2. The Hall–Kier alpha value is -12.5. The summed E-state index contributed by atoms with van der Waals surface area (Å²) < 4.78 is 2.17. The van der Waals surface area contributed by atoms with Crippen LogP contribution in [0.4, 0.5) is 109 Å². The largest absolute Gasteiger partial charge is 0.396 e. The average molecular weight is 2340 g/mol. The molecule has 17 heterocycles. The van der Waals surface area contributed by atoms with E-state index in [2.05, 4.69) is 146 Å². The van der Waals surface area contributed by atoms with E-state index in [1.54, 1.807) is 158 Å². The van der Waals surface area contributed by atoms with Crippen LogP contribution in [0.3, 0.4) is 0 Å². The number of aliphatic hydroxyl groups excluding tert-OH is 1. The van der Waals surface area contributed by atoms with Crippen LogP contribution in [0.1, 0.15) is 111 Å². The lowest BCUT2D eigenvalue weighted by Gasteiger charge is -2.23. The Morgan fingerprint density at radius 3 is 1.27 bits per heavy atom. The van der Waals surface area contributed by atoms with Crippen LogP contribution in [-0.2, 0) is 12.8 Å². The van der Waals surface area contributed by atoms with Gasteiger partial charge in [0.2, 0.25) is 11.0 Å². The van der Waals surface area contributed by atoms with Gasteiger partial charge < -0.3 is 71.7 Å². The van der Waals surface area contributed by atoms with Gasteiger partial charge in [-0.3, -0.25) is 44.2 Å². The minimum Gasteiger partial charge on any atom is -0.396 e. The quantitative estimate of drug-likeness (QED) is 0.0181. The lowest BCUT2D eigenvalue weighted by atomic mass is 10.1. The number of pyridine rings is 13. The number of nitrogens with two attached hydrogens (primary N) is 1. The van der Waals surface area contributed by atoms with Gasteiger partial charge in [0.1, 0.15) is 69.6 Å². The number of aliphatic hydroxyl groups is 1. The fourth-order valence-electron chi connectivity index (χ4n) is 13.7. The molecule has 4 aliphatic heterocycles. The molecule has 0 saturated carbocycles. The summed E-state index contributed by atoms with van der Waals surface area (Å²) in [6.45, 7) is 21.9. The van der Waals surface area contributed by atoms with E-state index in [1.165, 1.54) is 30.5 Å². The summed E-state index contributed by atoms with van der Waals surface area (Å²) in [4.78, 5) is 149. The van der Waals surface area contributed by atoms with Gasteiger partial charge in [0, 0.05) is 130 Å². The van der Waals surface area contributed by atoms with Crippen LogP contribution >= 0.6 is 164 Å². The summed E-state index contributed by atoms with van der Waals surface area (Å²) in [5.74, 6) is 5.17. The summed E-state index contributed by atoms with van der Waals surface area (Å²) >= 11 is 67.8. The number of hydrogen-bond donors (Lipinski definition) is 7. The second-order valence-corrected chi connectivity index (χ2v) is 36.1. The maximum absolute atomic E-state index is 12.9. The molecule has 0 spiro atoms. The van der Waals surface area contributed by atoms with Crippen molar-refractivity contribution in [2.75, 3.05) is 140 Å². The second-order valence-electron chi connectivity index (χ2n) is 29.5. The number of nitrogens with zero attached hydrogens (tertiary/aromatic N) is 22. The number of rotatable bonds is 18. The molecule has 0 saturated heterocycles. The van der Waals surface area contributed by atoms with E-state index in [0.29, 0.717) is 202 Å². The molecule has 0 aliphatic carbocycles. The highest BCUT2D eigenvalue weighted by Gasteiger charge is 2.36. The minimum absolute atomic E-state index is 0.0133. The van der Waals surface area contributed by atoms with Crippen molar-refractivity contribution in [3.05, 3.63) is 295 Å². The monoisotopic (exact) mass is 2330 g/mol. The second kappa shape index (κ2) is 52.7. The lowest BCUT2D eigenvalue weighted by Crippen LogP contribution is -2.25. The molecule has 0 atom stereocenters. The molecule has 17 rings (SSSR count). The molecule has 0 fully saturated rings.